The number of ketones is 1. The smallest absolute Gasteiger partial charge is 0.295 e. The number of hydrogen-bond acceptors (Lipinski definition) is 6. The molecular weight excluding hydrogens is 398 g/mol. The van der Waals surface area contributed by atoms with Crippen molar-refractivity contribution >= 4 is 17.4 Å². The summed E-state index contributed by atoms with van der Waals surface area (Å²) in [6.07, 6.45) is 0.784. The molecular formula is C24H25NO6. The van der Waals surface area contributed by atoms with E-state index in [9.17, 15) is 14.7 Å². The number of amides is 1. The van der Waals surface area contributed by atoms with Gasteiger partial charge in [0.25, 0.3) is 11.7 Å². The van der Waals surface area contributed by atoms with Crippen LogP contribution < -0.4 is 9.47 Å². The van der Waals surface area contributed by atoms with Gasteiger partial charge in [0.05, 0.1) is 25.3 Å². The molecule has 1 saturated heterocycles. The van der Waals surface area contributed by atoms with Crippen LogP contribution in [-0.4, -0.2) is 55.2 Å². The van der Waals surface area contributed by atoms with E-state index in [2.05, 4.69) is 0 Å². The van der Waals surface area contributed by atoms with Crippen LogP contribution in [0.4, 0.5) is 0 Å². The number of carbonyl (C=O) groups is 2. The number of carbonyl (C=O) groups excluding carboxylic acids is 2. The highest BCUT2D eigenvalue weighted by atomic mass is 16.5. The summed E-state index contributed by atoms with van der Waals surface area (Å²) in [5, 5.41) is 11.2. The molecule has 0 aliphatic carbocycles. The Kier molecular flexibility index (Phi) is 5.69. The average molecular weight is 423 g/mol. The third-order valence-corrected chi connectivity index (χ3v) is 5.68. The van der Waals surface area contributed by atoms with Crippen molar-refractivity contribution in [3.8, 4) is 11.5 Å². The number of hydrogen-bond donors (Lipinski definition) is 1. The Morgan fingerprint density at radius 3 is 2.58 bits per heavy atom. The van der Waals surface area contributed by atoms with Crippen molar-refractivity contribution in [2.75, 3.05) is 27.4 Å². The van der Waals surface area contributed by atoms with Crippen molar-refractivity contribution in [1.82, 2.24) is 4.90 Å². The van der Waals surface area contributed by atoms with Gasteiger partial charge in [-0.05, 0) is 48.4 Å². The monoisotopic (exact) mass is 423 g/mol. The van der Waals surface area contributed by atoms with Gasteiger partial charge in [-0.2, -0.15) is 0 Å². The predicted octanol–water partition coefficient (Wildman–Crippen LogP) is 3.09. The number of benzene rings is 2. The van der Waals surface area contributed by atoms with Crippen molar-refractivity contribution in [1.29, 1.82) is 0 Å². The van der Waals surface area contributed by atoms with E-state index < -0.39 is 17.7 Å². The lowest BCUT2D eigenvalue weighted by atomic mass is 9.94. The second-order valence-electron chi connectivity index (χ2n) is 7.71. The second-order valence-corrected chi connectivity index (χ2v) is 7.71. The number of methoxy groups -OCH3 is 2. The maximum Gasteiger partial charge on any atom is 0.295 e. The van der Waals surface area contributed by atoms with Gasteiger partial charge in [-0.25, -0.2) is 0 Å². The summed E-state index contributed by atoms with van der Waals surface area (Å²) in [6, 6.07) is 11.7. The lowest BCUT2D eigenvalue weighted by Gasteiger charge is -2.25. The summed E-state index contributed by atoms with van der Waals surface area (Å²) in [6.45, 7) is 2.47. The van der Waals surface area contributed by atoms with Crippen molar-refractivity contribution in [3.05, 3.63) is 64.7 Å². The summed E-state index contributed by atoms with van der Waals surface area (Å²) in [7, 11) is 3.10. The Bertz CT molecular complexity index is 1040. The maximum absolute atomic E-state index is 13.0. The fourth-order valence-corrected chi connectivity index (χ4v) is 4.16. The van der Waals surface area contributed by atoms with Crippen LogP contribution in [-0.2, 0) is 20.7 Å². The van der Waals surface area contributed by atoms with Gasteiger partial charge in [0, 0.05) is 25.6 Å². The molecule has 1 N–H and O–H groups in total. The van der Waals surface area contributed by atoms with E-state index >= 15 is 0 Å². The largest absolute Gasteiger partial charge is 0.507 e. The molecule has 0 bridgehead atoms. The summed E-state index contributed by atoms with van der Waals surface area (Å²) in [4.78, 5) is 27.3. The molecule has 0 saturated carbocycles. The minimum absolute atomic E-state index is 0.0614. The molecule has 0 radical (unpaired) electrons. The molecule has 2 atom stereocenters. The zero-order valence-corrected chi connectivity index (χ0v) is 17.8. The first kappa shape index (κ1) is 20.9. The normalized spacial score (nSPS) is 21.8. The second kappa shape index (κ2) is 8.43. The molecule has 2 unspecified atom stereocenters. The van der Waals surface area contributed by atoms with Crippen molar-refractivity contribution in [2.24, 2.45) is 0 Å². The molecule has 1 amide bonds. The van der Waals surface area contributed by atoms with Crippen LogP contribution in [0.3, 0.4) is 0 Å². The molecule has 31 heavy (non-hydrogen) atoms. The number of fused-ring (bicyclic) bond motifs is 1. The summed E-state index contributed by atoms with van der Waals surface area (Å²) in [5.74, 6) is -0.125. The molecule has 0 aromatic heterocycles. The average Bonchev–Trinajstić information content (AvgIpc) is 3.27. The van der Waals surface area contributed by atoms with Crippen LogP contribution >= 0.6 is 0 Å². The number of ether oxygens (including phenoxy) is 3. The molecule has 7 heteroatoms. The van der Waals surface area contributed by atoms with Gasteiger partial charge in [0.1, 0.15) is 23.4 Å². The summed E-state index contributed by atoms with van der Waals surface area (Å²) >= 11 is 0. The molecule has 2 aromatic carbocycles. The van der Waals surface area contributed by atoms with E-state index in [1.54, 1.807) is 43.5 Å². The Hall–Kier alpha value is -3.32. The number of aliphatic hydroxyl groups is 1. The van der Waals surface area contributed by atoms with Gasteiger partial charge in [0.15, 0.2) is 0 Å². The van der Waals surface area contributed by atoms with E-state index in [4.69, 9.17) is 14.2 Å². The fourth-order valence-electron chi connectivity index (χ4n) is 4.16. The lowest BCUT2D eigenvalue weighted by molar-refractivity contribution is -0.140. The summed E-state index contributed by atoms with van der Waals surface area (Å²) in [5.41, 5.74) is 2.22. The van der Waals surface area contributed by atoms with Crippen LogP contribution in [0.15, 0.2) is 48.0 Å². The van der Waals surface area contributed by atoms with Gasteiger partial charge < -0.3 is 24.2 Å². The highest BCUT2D eigenvalue weighted by Gasteiger charge is 2.46. The highest BCUT2D eigenvalue weighted by Crippen LogP contribution is 2.40. The first-order valence-electron chi connectivity index (χ1n) is 10.2. The van der Waals surface area contributed by atoms with Gasteiger partial charge in [-0.1, -0.05) is 12.1 Å². The van der Waals surface area contributed by atoms with Crippen LogP contribution in [0.2, 0.25) is 0 Å². The number of nitrogens with zero attached hydrogens (tertiary/aromatic N) is 1. The third-order valence-electron chi connectivity index (χ3n) is 5.68. The van der Waals surface area contributed by atoms with Crippen LogP contribution in [0.1, 0.15) is 29.7 Å². The molecule has 2 aromatic rings. The predicted molar refractivity (Wildman–Crippen MR) is 114 cm³/mol. The molecule has 2 aliphatic heterocycles. The zero-order chi connectivity index (χ0) is 22.1. The van der Waals surface area contributed by atoms with Crippen molar-refractivity contribution in [2.45, 2.75) is 25.5 Å². The van der Waals surface area contributed by atoms with Gasteiger partial charge in [-0.3, -0.25) is 9.59 Å². The van der Waals surface area contributed by atoms with E-state index in [1.807, 2.05) is 13.0 Å². The lowest BCUT2D eigenvalue weighted by Crippen LogP contribution is -2.32. The fraction of sp³-hybridized carbons (Fsp3) is 0.333. The van der Waals surface area contributed by atoms with Crippen LogP contribution in [0, 0.1) is 0 Å². The number of Topliss-reactive ketones (excluding diaryl/α,β-unsaturated/α-hetero) is 1. The van der Waals surface area contributed by atoms with Crippen molar-refractivity contribution in [3.63, 3.8) is 0 Å². The molecule has 2 heterocycles. The molecule has 1 fully saturated rings. The van der Waals surface area contributed by atoms with Crippen LogP contribution in [0.5, 0.6) is 11.5 Å². The Morgan fingerprint density at radius 2 is 1.90 bits per heavy atom. The first-order chi connectivity index (χ1) is 14.9. The van der Waals surface area contributed by atoms with E-state index in [0.29, 0.717) is 16.9 Å². The molecule has 0 spiro atoms. The maximum atomic E-state index is 13.0. The topological polar surface area (TPSA) is 85.3 Å². The standard InChI is InChI=1S/C24H25NO6/c1-14-12-17-13-16(6-9-19(17)31-14)22(26)20-21(15-4-7-18(30-3)8-5-15)25(10-11-29-2)24(28)23(20)27/h4-9,13-14,21,26H,10-12H2,1-3H3. The number of aliphatic hydroxyl groups excluding tert-OH is 1. The first-order valence-corrected chi connectivity index (χ1v) is 10.2. The molecule has 162 valence electrons. The molecule has 2 aliphatic rings. The SMILES string of the molecule is COCCN1C(=O)C(=O)C(=C(O)c2ccc3c(c2)CC(C)O3)C1c1ccc(OC)cc1. The quantitative estimate of drug-likeness (QED) is 0.437. The van der Waals surface area contributed by atoms with E-state index in [1.165, 1.54) is 12.0 Å². The van der Waals surface area contributed by atoms with Gasteiger partial charge in [0.2, 0.25) is 0 Å². The third kappa shape index (κ3) is 3.77. The highest BCUT2D eigenvalue weighted by molar-refractivity contribution is 6.46. The minimum atomic E-state index is -0.718. The molecule has 7 nitrogen and oxygen atoms in total. The Labute approximate surface area is 180 Å². The van der Waals surface area contributed by atoms with Crippen LogP contribution in [0.25, 0.3) is 5.76 Å². The number of rotatable bonds is 6. The minimum Gasteiger partial charge on any atom is -0.507 e. The van der Waals surface area contributed by atoms with Gasteiger partial charge >= 0.3 is 0 Å². The van der Waals surface area contributed by atoms with E-state index in [0.717, 1.165) is 17.7 Å². The Morgan fingerprint density at radius 1 is 1.16 bits per heavy atom. The zero-order valence-electron chi connectivity index (χ0n) is 17.8. The summed E-state index contributed by atoms with van der Waals surface area (Å²) < 4.78 is 16.1. The van der Waals surface area contributed by atoms with Crippen molar-refractivity contribution < 1.29 is 28.9 Å². The number of likely N-dealkylation sites (tertiary alicyclic amines) is 1. The Balaban J connectivity index is 1.81. The van der Waals surface area contributed by atoms with E-state index in [-0.39, 0.29) is 30.6 Å². The molecule has 4 rings (SSSR count). The van der Waals surface area contributed by atoms with Gasteiger partial charge in [-0.15, -0.1) is 0 Å².